The van der Waals surface area contributed by atoms with Crippen molar-refractivity contribution in [3.63, 3.8) is 0 Å². The van der Waals surface area contributed by atoms with Gasteiger partial charge in [0.15, 0.2) is 0 Å². The fourth-order valence-electron chi connectivity index (χ4n) is 2.50. The molecule has 0 bridgehead atoms. The summed E-state index contributed by atoms with van der Waals surface area (Å²) in [6, 6.07) is 1.52. The molecule has 15 heavy (non-hydrogen) atoms. The van der Waals surface area contributed by atoms with Gasteiger partial charge < -0.3 is 5.32 Å². The van der Waals surface area contributed by atoms with E-state index in [-0.39, 0.29) is 0 Å². The lowest BCUT2D eigenvalue weighted by molar-refractivity contribution is 0.282. The van der Waals surface area contributed by atoms with Gasteiger partial charge in [0.25, 0.3) is 0 Å². The van der Waals surface area contributed by atoms with E-state index in [9.17, 15) is 0 Å². The van der Waals surface area contributed by atoms with Crippen LogP contribution >= 0.6 is 0 Å². The minimum atomic E-state index is 0.714. The first kappa shape index (κ1) is 13.0. The Morgan fingerprint density at radius 3 is 2.13 bits per heavy atom. The Morgan fingerprint density at radius 1 is 1.00 bits per heavy atom. The van der Waals surface area contributed by atoms with Crippen molar-refractivity contribution in [2.75, 3.05) is 0 Å². The molecule has 90 valence electrons. The number of nitrogens with one attached hydrogen (secondary N) is 1. The molecule has 0 aromatic rings. The molecule has 1 fully saturated rings. The average Bonchev–Trinajstić information content (AvgIpc) is 2.19. The van der Waals surface area contributed by atoms with E-state index in [4.69, 9.17) is 0 Å². The van der Waals surface area contributed by atoms with Crippen molar-refractivity contribution in [1.29, 1.82) is 0 Å². The maximum Gasteiger partial charge on any atom is 0.00697 e. The quantitative estimate of drug-likeness (QED) is 0.725. The van der Waals surface area contributed by atoms with E-state index >= 15 is 0 Å². The van der Waals surface area contributed by atoms with Crippen molar-refractivity contribution < 1.29 is 0 Å². The number of hydrogen-bond donors (Lipinski definition) is 1. The monoisotopic (exact) mass is 211 g/mol. The zero-order valence-electron chi connectivity index (χ0n) is 11.1. The molecule has 0 radical (unpaired) electrons. The van der Waals surface area contributed by atoms with Gasteiger partial charge in [-0.1, -0.05) is 20.8 Å². The van der Waals surface area contributed by atoms with Crippen LogP contribution in [0.3, 0.4) is 0 Å². The zero-order chi connectivity index (χ0) is 11.3. The summed E-state index contributed by atoms with van der Waals surface area (Å²) in [6.07, 6.45) is 8.34. The predicted molar refractivity (Wildman–Crippen MR) is 68.1 cm³/mol. The van der Waals surface area contributed by atoms with Crippen LogP contribution in [-0.2, 0) is 0 Å². The molecule has 1 nitrogen and oxygen atoms in total. The minimum absolute atomic E-state index is 0.714. The molecule has 0 amide bonds. The summed E-state index contributed by atoms with van der Waals surface area (Å²) in [5.74, 6) is 1.81. The third-order valence-electron chi connectivity index (χ3n) is 3.71. The van der Waals surface area contributed by atoms with Gasteiger partial charge in [-0.3, -0.25) is 0 Å². The summed E-state index contributed by atoms with van der Waals surface area (Å²) in [5.41, 5.74) is 0. The zero-order valence-corrected chi connectivity index (χ0v) is 11.1. The first-order chi connectivity index (χ1) is 7.08. The lowest BCUT2D eigenvalue weighted by Gasteiger charge is -2.29. The molecule has 1 heteroatoms. The smallest absolute Gasteiger partial charge is 0.00697 e. The highest BCUT2D eigenvalue weighted by Gasteiger charge is 2.19. The maximum absolute atomic E-state index is 3.79. The van der Waals surface area contributed by atoms with Crippen LogP contribution in [0.15, 0.2) is 0 Å². The normalized spacial score (nSPS) is 29.4. The summed E-state index contributed by atoms with van der Waals surface area (Å²) in [4.78, 5) is 0. The van der Waals surface area contributed by atoms with Crippen LogP contribution in [0, 0.1) is 11.8 Å². The van der Waals surface area contributed by atoms with Crippen molar-refractivity contribution in [2.24, 2.45) is 11.8 Å². The molecule has 0 saturated heterocycles. The first-order valence-electron chi connectivity index (χ1n) is 6.84. The molecule has 0 spiro atoms. The Labute approximate surface area is 96.0 Å². The summed E-state index contributed by atoms with van der Waals surface area (Å²) in [7, 11) is 0. The highest BCUT2D eigenvalue weighted by Crippen LogP contribution is 2.24. The van der Waals surface area contributed by atoms with Gasteiger partial charge in [-0.2, -0.15) is 0 Å². The Bertz CT molecular complexity index is 157. The second kappa shape index (κ2) is 6.52. The molecule has 0 aromatic heterocycles. The summed E-state index contributed by atoms with van der Waals surface area (Å²) in [5, 5.41) is 3.79. The molecule has 1 rings (SSSR count). The van der Waals surface area contributed by atoms with E-state index in [1.807, 2.05) is 0 Å². The fourth-order valence-corrected chi connectivity index (χ4v) is 2.50. The average molecular weight is 211 g/mol. The Hall–Kier alpha value is -0.0400. The van der Waals surface area contributed by atoms with Gasteiger partial charge in [-0.25, -0.2) is 0 Å². The lowest BCUT2D eigenvalue weighted by atomic mass is 9.87. The van der Waals surface area contributed by atoms with Crippen LogP contribution < -0.4 is 5.32 Å². The number of hydrogen-bond acceptors (Lipinski definition) is 1. The SMILES string of the molecule is CC(C)CCC(C)NC1CCC(C)CC1. The van der Waals surface area contributed by atoms with Crippen molar-refractivity contribution in [2.45, 2.75) is 78.3 Å². The second-order valence-electron chi connectivity index (χ2n) is 6.00. The lowest BCUT2D eigenvalue weighted by Crippen LogP contribution is -2.38. The van der Waals surface area contributed by atoms with Gasteiger partial charge in [-0.05, 0) is 57.3 Å². The van der Waals surface area contributed by atoms with Crippen LogP contribution in [0.2, 0.25) is 0 Å². The van der Waals surface area contributed by atoms with Crippen LogP contribution in [-0.4, -0.2) is 12.1 Å². The summed E-state index contributed by atoms with van der Waals surface area (Å²) >= 11 is 0. The van der Waals surface area contributed by atoms with Crippen molar-refractivity contribution in [3.05, 3.63) is 0 Å². The van der Waals surface area contributed by atoms with Gasteiger partial charge in [0, 0.05) is 12.1 Å². The third-order valence-corrected chi connectivity index (χ3v) is 3.71. The molecule has 1 aliphatic carbocycles. The van der Waals surface area contributed by atoms with Crippen LogP contribution in [0.5, 0.6) is 0 Å². The van der Waals surface area contributed by atoms with Gasteiger partial charge in [0.05, 0.1) is 0 Å². The van der Waals surface area contributed by atoms with Gasteiger partial charge >= 0.3 is 0 Å². The molecular formula is C14H29N. The Morgan fingerprint density at radius 2 is 1.60 bits per heavy atom. The standard InChI is InChI=1S/C14H29N/c1-11(2)5-8-13(4)15-14-9-6-12(3)7-10-14/h11-15H,5-10H2,1-4H3. The van der Waals surface area contributed by atoms with Crippen LogP contribution in [0.4, 0.5) is 0 Å². The number of rotatable bonds is 5. The van der Waals surface area contributed by atoms with Gasteiger partial charge in [-0.15, -0.1) is 0 Å². The maximum atomic E-state index is 3.79. The van der Waals surface area contributed by atoms with E-state index < -0.39 is 0 Å². The Balaban J connectivity index is 2.12. The van der Waals surface area contributed by atoms with Crippen LogP contribution in [0.1, 0.15) is 66.2 Å². The van der Waals surface area contributed by atoms with Crippen molar-refractivity contribution in [3.8, 4) is 0 Å². The Kier molecular flexibility index (Phi) is 5.66. The molecule has 1 atom stereocenters. The molecular weight excluding hydrogens is 182 g/mol. The second-order valence-corrected chi connectivity index (χ2v) is 6.00. The van der Waals surface area contributed by atoms with E-state index in [1.54, 1.807) is 0 Å². The van der Waals surface area contributed by atoms with E-state index in [2.05, 4.69) is 33.0 Å². The summed E-state index contributed by atoms with van der Waals surface area (Å²) < 4.78 is 0. The predicted octanol–water partition coefficient (Wildman–Crippen LogP) is 3.98. The highest BCUT2D eigenvalue weighted by atomic mass is 14.9. The molecule has 1 aliphatic rings. The first-order valence-corrected chi connectivity index (χ1v) is 6.84. The topological polar surface area (TPSA) is 12.0 Å². The molecule has 0 aliphatic heterocycles. The van der Waals surface area contributed by atoms with Gasteiger partial charge in [0.1, 0.15) is 0 Å². The largest absolute Gasteiger partial charge is 0.312 e. The van der Waals surface area contributed by atoms with Crippen LogP contribution in [0.25, 0.3) is 0 Å². The van der Waals surface area contributed by atoms with Gasteiger partial charge in [0.2, 0.25) is 0 Å². The molecule has 1 unspecified atom stereocenters. The van der Waals surface area contributed by atoms with E-state index in [0.29, 0.717) is 6.04 Å². The van der Waals surface area contributed by atoms with E-state index in [0.717, 1.165) is 17.9 Å². The molecule has 0 aromatic carbocycles. The molecule has 1 saturated carbocycles. The fraction of sp³-hybridized carbons (Fsp3) is 1.00. The summed E-state index contributed by atoms with van der Waals surface area (Å²) in [6.45, 7) is 9.36. The van der Waals surface area contributed by atoms with Crippen molar-refractivity contribution in [1.82, 2.24) is 5.32 Å². The van der Waals surface area contributed by atoms with Crippen molar-refractivity contribution >= 4 is 0 Å². The minimum Gasteiger partial charge on any atom is -0.312 e. The molecule has 1 N–H and O–H groups in total. The molecule has 0 heterocycles. The third kappa shape index (κ3) is 5.55. The highest BCUT2D eigenvalue weighted by molar-refractivity contribution is 4.77. The van der Waals surface area contributed by atoms with E-state index in [1.165, 1.54) is 38.5 Å².